The summed E-state index contributed by atoms with van der Waals surface area (Å²) in [5.41, 5.74) is 0. The minimum absolute atomic E-state index is 1.10. The standard InChI is InChI=1S/C6H6F2N2O6/c7-5(15)9-1(3(11)12)2(4(13)14)10-6(8)16/h1-2H,(H,9,15)(H,10,16)(H,11,12)(H,13,14). The van der Waals surface area contributed by atoms with Crippen molar-refractivity contribution in [2.24, 2.45) is 0 Å². The van der Waals surface area contributed by atoms with Gasteiger partial charge in [0.15, 0.2) is 12.1 Å². The zero-order valence-electron chi connectivity index (χ0n) is 7.44. The van der Waals surface area contributed by atoms with E-state index in [1.165, 1.54) is 0 Å². The van der Waals surface area contributed by atoms with Crippen molar-refractivity contribution in [2.75, 3.05) is 0 Å². The van der Waals surface area contributed by atoms with Crippen LogP contribution in [0, 0.1) is 0 Å². The lowest BCUT2D eigenvalue weighted by atomic mass is 10.1. The lowest BCUT2D eigenvalue weighted by molar-refractivity contribution is -0.147. The number of carbonyl (C=O) groups is 4. The molecule has 0 saturated carbocycles. The SMILES string of the molecule is O=C(F)NC(C(=O)O)C(NC(=O)F)C(=O)O. The maximum atomic E-state index is 11.9. The lowest BCUT2D eigenvalue weighted by Crippen LogP contribution is -2.57. The Hall–Kier alpha value is -2.26. The van der Waals surface area contributed by atoms with Crippen LogP contribution in [0.4, 0.5) is 18.4 Å². The first kappa shape index (κ1) is 13.7. The predicted octanol–water partition coefficient (Wildman–Crippen LogP) is -0.749. The van der Waals surface area contributed by atoms with Gasteiger partial charge in [0.2, 0.25) is 0 Å². The highest BCUT2D eigenvalue weighted by Crippen LogP contribution is 1.97. The van der Waals surface area contributed by atoms with Gasteiger partial charge in [-0.3, -0.25) is 0 Å². The molecule has 0 aromatic rings. The van der Waals surface area contributed by atoms with Crippen LogP contribution in [0.25, 0.3) is 0 Å². The molecule has 16 heavy (non-hydrogen) atoms. The molecule has 0 rings (SSSR count). The second-order valence-corrected chi connectivity index (χ2v) is 2.47. The smallest absolute Gasteiger partial charge is 0.398 e. The Morgan fingerprint density at radius 1 is 0.812 bits per heavy atom. The fourth-order valence-corrected chi connectivity index (χ4v) is 0.820. The van der Waals surface area contributed by atoms with Gasteiger partial charge < -0.3 is 20.8 Å². The minimum atomic E-state index is -2.33. The molecule has 0 fully saturated rings. The van der Waals surface area contributed by atoms with Gasteiger partial charge in [0.1, 0.15) is 0 Å². The second-order valence-electron chi connectivity index (χ2n) is 2.47. The molecule has 8 nitrogen and oxygen atoms in total. The number of nitrogens with one attached hydrogen (secondary N) is 2. The molecule has 0 aliphatic heterocycles. The van der Waals surface area contributed by atoms with E-state index < -0.39 is 36.3 Å². The van der Waals surface area contributed by atoms with Crippen molar-refractivity contribution in [2.45, 2.75) is 12.1 Å². The van der Waals surface area contributed by atoms with Gasteiger partial charge in [-0.25, -0.2) is 19.2 Å². The zero-order valence-corrected chi connectivity index (χ0v) is 7.44. The van der Waals surface area contributed by atoms with Gasteiger partial charge in [0, 0.05) is 0 Å². The van der Waals surface area contributed by atoms with Gasteiger partial charge in [0.05, 0.1) is 0 Å². The molecule has 0 aliphatic rings. The molecule has 10 heteroatoms. The highest BCUT2D eigenvalue weighted by molar-refractivity contribution is 5.90. The molecule has 0 aromatic heterocycles. The summed E-state index contributed by atoms with van der Waals surface area (Å²) in [7, 11) is 0. The highest BCUT2D eigenvalue weighted by atomic mass is 19.1. The summed E-state index contributed by atoms with van der Waals surface area (Å²) in [6.07, 6.45) is -4.65. The van der Waals surface area contributed by atoms with Crippen LogP contribution in [0.3, 0.4) is 0 Å². The normalized spacial score (nSPS) is 13.4. The van der Waals surface area contributed by atoms with E-state index in [-0.39, 0.29) is 0 Å². The van der Waals surface area contributed by atoms with Crippen LogP contribution < -0.4 is 10.6 Å². The first-order valence-electron chi connectivity index (χ1n) is 3.63. The van der Waals surface area contributed by atoms with E-state index in [2.05, 4.69) is 0 Å². The van der Waals surface area contributed by atoms with Crippen molar-refractivity contribution in [3.05, 3.63) is 0 Å². The van der Waals surface area contributed by atoms with E-state index in [9.17, 15) is 28.0 Å². The minimum Gasteiger partial charge on any atom is -0.480 e. The Morgan fingerprint density at radius 3 is 1.19 bits per heavy atom. The Morgan fingerprint density at radius 2 is 1.06 bits per heavy atom. The van der Waals surface area contributed by atoms with Crippen LogP contribution in [0.1, 0.15) is 0 Å². The molecule has 0 spiro atoms. The molecular formula is C6H6F2N2O6. The first-order chi connectivity index (χ1) is 7.25. The fraction of sp³-hybridized carbons (Fsp3) is 0.333. The van der Waals surface area contributed by atoms with Crippen molar-refractivity contribution in [3.8, 4) is 0 Å². The average Bonchev–Trinajstić information content (AvgIpc) is 2.09. The maximum Gasteiger partial charge on any atom is 0.398 e. The van der Waals surface area contributed by atoms with Crippen molar-refractivity contribution in [1.82, 2.24) is 10.6 Å². The third-order valence-electron chi connectivity index (χ3n) is 1.40. The van der Waals surface area contributed by atoms with Crippen molar-refractivity contribution >= 4 is 24.3 Å². The van der Waals surface area contributed by atoms with Crippen molar-refractivity contribution < 1.29 is 38.2 Å². The highest BCUT2D eigenvalue weighted by Gasteiger charge is 2.36. The number of aliphatic carboxylic acids is 2. The number of hydrogen-bond acceptors (Lipinski definition) is 4. The Kier molecular flexibility index (Phi) is 4.79. The second kappa shape index (κ2) is 5.58. The van der Waals surface area contributed by atoms with E-state index in [1.807, 2.05) is 0 Å². The third kappa shape index (κ3) is 4.30. The van der Waals surface area contributed by atoms with Crippen molar-refractivity contribution in [1.29, 1.82) is 0 Å². The van der Waals surface area contributed by atoms with Crippen LogP contribution >= 0.6 is 0 Å². The van der Waals surface area contributed by atoms with E-state index in [0.717, 1.165) is 10.6 Å². The van der Waals surface area contributed by atoms with Gasteiger partial charge in [-0.1, -0.05) is 0 Å². The molecule has 90 valence electrons. The van der Waals surface area contributed by atoms with Crippen molar-refractivity contribution in [3.63, 3.8) is 0 Å². The molecule has 2 amide bonds. The van der Waals surface area contributed by atoms with E-state index in [4.69, 9.17) is 10.2 Å². The van der Waals surface area contributed by atoms with Gasteiger partial charge >= 0.3 is 24.3 Å². The summed E-state index contributed by atoms with van der Waals surface area (Å²) in [6.45, 7) is 0. The summed E-state index contributed by atoms with van der Waals surface area (Å²) >= 11 is 0. The number of halogens is 2. The summed E-state index contributed by atoms with van der Waals surface area (Å²) in [6, 6.07) is -4.65. The quantitative estimate of drug-likeness (QED) is 0.369. The van der Waals surface area contributed by atoms with Crippen LogP contribution in [0.5, 0.6) is 0 Å². The number of carbonyl (C=O) groups excluding carboxylic acids is 2. The third-order valence-corrected chi connectivity index (χ3v) is 1.40. The van der Waals surface area contributed by atoms with E-state index >= 15 is 0 Å². The van der Waals surface area contributed by atoms with E-state index in [0.29, 0.717) is 0 Å². The average molecular weight is 240 g/mol. The first-order valence-corrected chi connectivity index (χ1v) is 3.63. The van der Waals surface area contributed by atoms with Gasteiger partial charge in [0.25, 0.3) is 0 Å². The number of carboxylic acids is 2. The summed E-state index contributed by atoms with van der Waals surface area (Å²) in [4.78, 5) is 40.7. The summed E-state index contributed by atoms with van der Waals surface area (Å²) in [5.74, 6) is -3.90. The summed E-state index contributed by atoms with van der Waals surface area (Å²) < 4.78 is 23.7. The maximum absolute atomic E-state index is 11.9. The molecule has 0 bridgehead atoms. The monoisotopic (exact) mass is 240 g/mol. The predicted molar refractivity (Wildman–Crippen MR) is 42.1 cm³/mol. The molecule has 2 atom stereocenters. The zero-order chi connectivity index (χ0) is 12.9. The molecule has 0 heterocycles. The largest absolute Gasteiger partial charge is 0.480 e. The summed E-state index contributed by atoms with van der Waals surface area (Å²) in [5, 5.41) is 19.1. The molecule has 0 aliphatic carbocycles. The van der Waals surface area contributed by atoms with E-state index in [1.54, 1.807) is 0 Å². The lowest BCUT2D eigenvalue weighted by Gasteiger charge is -2.19. The Balaban J connectivity index is 4.93. The molecular weight excluding hydrogens is 234 g/mol. The van der Waals surface area contributed by atoms with Gasteiger partial charge in [-0.15, -0.1) is 8.78 Å². The molecule has 0 radical (unpaired) electrons. The van der Waals surface area contributed by atoms with Crippen LogP contribution in [-0.4, -0.2) is 46.6 Å². The molecule has 4 N–H and O–H groups in total. The molecule has 2 unspecified atom stereocenters. The van der Waals surface area contributed by atoms with Crippen LogP contribution in [-0.2, 0) is 9.59 Å². The number of rotatable bonds is 5. The number of hydrogen-bond donors (Lipinski definition) is 4. The topological polar surface area (TPSA) is 133 Å². The molecule has 0 aromatic carbocycles. The Bertz CT molecular complexity index is 301. The van der Waals surface area contributed by atoms with Crippen LogP contribution in [0.2, 0.25) is 0 Å². The van der Waals surface area contributed by atoms with Crippen LogP contribution in [0.15, 0.2) is 0 Å². The van der Waals surface area contributed by atoms with Gasteiger partial charge in [-0.2, -0.15) is 0 Å². The number of carboxylic acid groups (broad SMARTS) is 2. The van der Waals surface area contributed by atoms with Gasteiger partial charge in [-0.05, 0) is 0 Å². The fourth-order valence-electron chi connectivity index (χ4n) is 0.820. The molecule has 0 saturated heterocycles. The Labute approximate surface area is 86.2 Å². The number of amides is 2.